The molecule has 0 bridgehead atoms. The predicted octanol–water partition coefficient (Wildman–Crippen LogP) is 2.55. The number of nitrogens with one attached hydrogen (secondary N) is 1. The molecule has 2 heteroatoms. The molecule has 0 atom stereocenters. The topological polar surface area (TPSA) is 21.3 Å². The first kappa shape index (κ1) is 12.0. The van der Waals surface area contributed by atoms with Crippen LogP contribution in [-0.2, 0) is 0 Å². The van der Waals surface area contributed by atoms with Crippen molar-refractivity contribution in [3.05, 3.63) is 29.8 Å². The summed E-state index contributed by atoms with van der Waals surface area (Å²) < 4.78 is 5.16. The monoisotopic (exact) mass is 229 g/mol. The maximum Gasteiger partial charge on any atom is 0.118 e. The van der Waals surface area contributed by atoms with E-state index >= 15 is 0 Å². The van der Waals surface area contributed by atoms with Crippen molar-refractivity contribution in [1.82, 2.24) is 5.32 Å². The van der Waals surface area contributed by atoms with Crippen LogP contribution in [0, 0.1) is 11.8 Å². The summed E-state index contributed by atoms with van der Waals surface area (Å²) in [4.78, 5) is 0. The number of hydrogen-bond acceptors (Lipinski definition) is 2. The molecule has 2 rings (SSSR count). The molecule has 90 valence electrons. The van der Waals surface area contributed by atoms with Gasteiger partial charge in [0.1, 0.15) is 5.75 Å². The minimum atomic E-state index is 0.642. The van der Waals surface area contributed by atoms with Gasteiger partial charge in [0.15, 0.2) is 0 Å². The SMILES string of the molecule is CC#CCNC1CC(c2ccc(OC)cc2)C1. The molecular formula is C15H19NO. The van der Waals surface area contributed by atoms with Gasteiger partial charge in [0.2, 0.25) is 0 Å². The number of ether oxygens (including phenoxy) is 1. The molecule has 1 aromatic rings. The van der Waals surface area contributed by atoms with Crippen LogP contribution in [0.1, 0.15) is 31.2 Å². The van der Waals surface area contributed by atoms with Crippen LogP contribution >= 0.6 is 0 Å². The van der Waals surface area contributed by atoms with Gasteiger partial charge in [0.05, 0.1) is 13.7 Å². The highest BCUT2D eigenvalue weighted by atomic mass is 16.5. The molecule has 1 saturated carbocycles. The van der Waals surface area contributed by atoms with Crippen LogP contribution < -0.4 is 10.1 Å². The first-order valence-electron chi connectivity index (χ1n) is 6.10. The summed E-state index contributed by atoms with van der Waals surface area (Å²) in [7, 11) is 1.70. The summed E-state index contributed by atoms with van der Waals surface area (Å²) in [6.07, 6.45) is 2.44. The zero-order valence-electron chi connectivity index (χ0n) is 10.5. The number of methoxy groups -OCH3 is 1. The van der Waals surface area contributed by atoms with Crippen LogP contribution in [0.4, 0.5) is 0 Å². The fraction of sp³-hybridized carbons (Fsp3) is 0.467. The average molecular weight is 229 g/mol. The van der Waals surface area contributed by atoms with Gasteiger partial charge >= 0.3 is 0 Å². The maximum atomic E-state index is 5.16. The normalized spacial score (nSPS) is 22.2. The minimum Gasteiger partial charge on any atom is -0.497 e. The van der Waals surface area contributed by atoms with Crippen molar-refractivity contribution in [3.8, 4) is 17.6 Å². The van der Waals surface area contributed by atoms with Gasteiger partial charge in [0, 0.05) is 6.04 Å². The number of benzene rings is 1. The van der Waals surface area contributed by atoms with Crippen LogP contribution in [0.15, 0.2) is 24.3 Å². The Morgan fingerprint density at radius 2 is 2.00 bits per heavy atom. The molecule has 1 aliphatic carbocycles. The Bertz CT molecular complexity index is 407. The Morgan fingerprint density at radius 3 is 2.59 bits per heavy atom. The fourth-order valence-electron chi connectivity index (χ4n) is 2.22. The molecule has 0 saturated heterocycles. The molecule has 1 aromatic carbocycles. The molecule has 2 nitrogen and oxygen atoms in total. The predicted molar refractivity (Wildman–Crippen MR) is 70.2 cm³/mol. The van der Waals surface area contributed by atoms with Gasteiger partial charge in [-0.2, -0.15) is 0 Å². The lowest BCUT2D eigenvalue weighted by Crippen LogP contribution is -2.40. The van der Waals surface area contributed by atoms with E-state index in [-0.39, 0.29) is 0 Å². The van der Waals surface area contributed by atoms with Gasteiger partial charge in [-0.3, -0.25) is 0 Å². The van der Waals surface area contributed by atoms with Gasteiger partial charge in [0.25, 0.3) is 0 Å². The van der Waals surface area contributed by atoms with Crippen molar-refractivity contribution in [3.63, 3.8) is 0 Å². The van der Waals surface area contributed by atoms with Crippen LogP contribution in [0.3, 0.4) is 0 Å². The first-order chi connectivity index (χ1) is 8.33. The first-order valence-corrected chi connectivity index (χ1v) is 6.10. The highest BCUT2D eigenvalue weighted by Crippen LogP contribution is 2.37. The Balaban J connectivity index is 1.79. The third-order valence-electron chi connectivity index (χ3n) is 3.38. The summed E-state index contributed by atoms with van der Waals surface area (Å²) in [5, 5.41) is 3.44. The Hall–Kier alpha value is -1.46. The van der Waals surface area contributed by atoms with E-state index in [9.17, 15) is 0 Å². The van der Waals surface area contributed by atoms with Crippen molar-refractivity contribution in [2.24, 2.45) is 0 Å². The molecular weight excluding hydrogens is 210 g/mol. The Labute approximate surface area is 103 Å². The fourth-order valence-corrected chi connectivity index (χ4v) is 2.22. The summed E-state index contributed by atoms with van der Waals surface area (Å²) in [6, 6.07) is 9.07. The van der Waals surface area contributed by atoms with Crippen LogP contribution in [0.25, 0.3) is 0 Å². The second-order valence-electron chi connectivity index (χ2n) is 4.45. The third kappa shape index (κ3) is 3.01. The molecule has 0 aliphatic heterocycles. The lowest BCUT2D eigenvalue weighted by Gasteiger charge is -2.36. The van der Waals surface area contributed by atoms with Crippen molar-refractivity contribution in [2.45, 2.75) is 31.7 Å². The second kappa shape index (κ2) is 5.75. The van der Waals surface area contributed by atoms with E-state index < -0.39 is 0 Å². The number of hydrogen-bond donors (Lipinski definition) is 1. The van der Waals surface area contributed by atoms with E-state index in [2.05, 4.69) is 29.3 Å². The molecule has 0 radical (unpaired) electrons. The molecule has 1 N–H and O–H groups in total. The van der Waals surface area contributed by atoms with Gasteiger partial charge in [-0.1, -0.05) is 18.1 Å². The largest absolute Gasteiger partial charge is 0.497 e. The van der Waals surface area contributed by atoms with Crippen molar-refractivity contribution < 1.29 is 4.74 Å². The van der Waals surface area contributed by atoms with Crippen molar-refractivity contribution in [1.29, 1.82) is 0 Å². The molecule has 0 unspecified atom stereocenters. The Kier molecular flexibility index (Phi) is 4.06. The smallest absolute Gasteiger partial charge is 0.118 e. The summed E-state index contributed by atoms with van der Waals surface area (Å²) in [5.41, 5.74) is 1.42. The molecule has 1 fully saturated rings. The molecule has 17 heavy (non-hydrogen) atoms. The van der Waals surface area contributed by atoms with E-state index in [0.717, 1.165) is 12.3 Å². The lowest BCUT2D eigenvalue weighted by molar-refractivity contribution is 0.300. The van der Waals surface area contributed by atoms with Crippen LogP contribution in [0.2, 0.25) is 0 Å². The summed E-state index contributed by atoms with van der Waals surface area (Å²) >= 11 is 0. The maximum absolute atomic E-state index is 5.16. The molecule has 0 spiro atoms. The third-order valence-corrected chi connectivity index (χ3v) is 3.38. The van der Waals surface area contributed by atoms with Crippen LogP contribution in [-0.4, -0.2) is 19.7 Å². The molecule has 1 aliphatic rings. The van der Waals surface area contributed by atoms with Crippen LogP contribution in [0.5, 0.6) is 5.75 Å². The quantitative estimate of drug-likeness (QED) is 0.801. The van der Waals surface area contributed by atoms with Gasteiger partial charge < -0.3 is 10.1 Å². The lowest BCUT2D eigenvalue weighted by atomic mass is 9.76. The van der Waals surface area contributed by atoms with Gasteiger partial charge in [-0.05, 0) is 43.4 Å². The highest BCUT2D eigenvalue weighted by molar-refractivity contribution is 5.30. The molecule has 0 amide bonds. The van der Waals surface area contributed by atoms with E-state index in [1.165, 1.54) is 18.4 Å². The van der Waals surface area contributed by atoms with E-state index in [1.54, 1.807) is 7.11 Å². The van der Waals surface area contributed by atoms with E-state index in [1.807, 2.05) is 19.1 Å². The van der Waals surface area contributed by atoms with Gasteiger partial charge in [-0.25, -0.2) is 0 Å². The number of rotatable bonds is 4. The standard InChI is InChI=1S/C15H19NO/c1-3-4-9-16-14-10-13(11-14)12-5-7-15(17-2)8-6-12/h5-8,13-14,16H,9-11H2,1-2H3. The highest BCUT2D eigenvalue weighted by Gasteiger charge is 2.29. The summed E-state index contributed by atoms with van der Waals surface area (Å²) in [6.45, 7) is 2.69. The van der Waals surface area contributed by atoms with Crippen molar-refractivity contribution in [2.75, 3.05) is 13.7 Å². The second-order valence-corrected chi connectivity index (χ2v) is 4.45. The molecule has 0 heterocycles. The van der Waals surface area contributed by atoms with E-state index in [4.69, 9.17) is 4.74 Å². The van der Waals surface area contributed by atoms with Crippen molar-refractivity contribution >= 4 is 0 Å². The zero-order valence-corrected chi connectivity index (χ0v) is 10.5. The summed E-state index contributed by atoms with van der Waals surface area (Å²) in [5.74, 6) is 7.57. The van der Waals surface area contributed by atoms with Gasteiger partial charge in [-0.15, -0.1) is 5.92 Å². The average Bonchev–Trinajstić information content (AvgIpc) is 2.32. The van der Waals surface area contributed by atoms with E-state index in [0.29, 0.717) is 12.0 Å². The zero-order chi connectivity index (χ0) is 12.1. The Morgan fingerprint density at radius 1 is 1.29 bits per heavy atom. The minimum absolute atomic E-state index is 0.642. The molecule has 0 aromatic heterocycles.